The van der Waals surface area contributed by atoms with Crippen LogP contribution in [0.2, 0.25) is 0 Å². The number of rotatable bonds is 9. The van der Waals surface area contributed by atoms with Gasteiger partial charge in [-0.05, 0) is 43.0 Å². The van der Waals surface area contributed by atoms with Crippen LogP contribution in [-0.4, -0.2) is 37.5 Å². The molecule has 3 aromatic heterocycles. The Labute approximate surface area is 173 Å². The van der Waals surface area contributed by atoms with Gasteiger partial charge in [-0.1, -0.05) is 30.0 Å². The Morgan fingerprint density at radius 1 is 1.17 bits per heavy atom. The molecule has 8 heteroatoms. The van der Waals surface area contributed by atoms with Crippen molar-refractivity contribution in [3.63, 3.8) is 0 Å². The summed E-state index contributed by atoms with van der Waals surface area (Å²) in [6, 6.07) is 14.1. The highest BCUT2D eigenvalue weighted by Gasteiger charge is 2.16. The fourth-order valence-corrected chi connectivity index (χ4v) is 4.09. The zero-order chi connectivity index (χ0) is 20.1. The molecule has 0 aliphatic heterocycles. The predicted octanol–water partition coefficient (Wildman–Crippen LogP) is 3.81. The van der Waals surface area contributed by atoms with Crippen molar-refractivity contribution >= 4 is 28.6 Å². The van der Waals surface area contributed by atoms with Crippen molar-refractivity contribution < 1.29 is 9.21 Å². The van der Waals surface area contributed by atoms with Crippen molar-refractivity contribution in [3.8, 4) is 11.6 Å². The van der Waals surface area contributed by atoms with Crippen LogP contribution in [-0.2, 0) is 17.9 Å². The molecule has 1 amide bonds. The van der Waals surface area contributed by atoms with Crippen LogP contribution in [0.4, 0.5) is 0 Å². The first-order valence-corrected chi connectivity index (χ1v) is 10.6. The van der Waals surface area contributed by atoms with E-state index in [2.05, 4.69) is 44.5 Å². The summed E-state index contributed by atoms with van der Waals surface area (Å²) < 4.78 is 9.58. The maximum absolute atomic E-state index is 12.2. The van der Waals surface area contributed by atoms with Gasteiger partial charge in [0.1, 0.15) is 0 Å². The van der Waals surface area contributed by atoms with Crippen LogP contribution in [0.25, 0.3) is 22.5 Å². The second-order valence-electron chi connectivity index (χ2n) is 6.59. The number of para-hydroxylation sites is 1. The topological polar surface area (TPSA) is 77.9 Å². The van der Waals surface area contributed by atoms with Gasteiger partial charge < -0.3 is 14.3 Å². The third kappa shape index (κ3) is 4.37. The third-order valence-corrected chi connectivity index (χ3v) is 5.65. The van der Waals surface area contributed by atoms with Gasteiger partial charge in [0.15, 0.2) is 16.7 Å². The lowest BCUT2D eigenvalue weighted by molar-refractivity contribution is -0.118. The number of benzene rings is 1. The maximum atomic E-state index is 12.2. The van der Waals surface area contributed by atoms with Crippen LogP contribution in [0.1, 0.15) is 13.3 Å². The van der Waals surface area contributed by atoms with Crippen molar-refractivity contribution in [3.05, 3.63) is 54.9 Å². The number of amides is 1. The SMILES string of the molecule is CCn1c(SCC(=O)NCCCn2ccc3ccccc32)nnc1-c1ccco1. The molecule has 7 nitrogen and oxygen atoms in total. The minimum Gasteiger partial charge on any atom is -0.461 e. The van der Waals surface area contributed by atoms with Gasteiger partial charge in [0.05, 0.1) is 12.0 Å². The summed E-state index contributed by atoms with van der Waals surface area (Å²) in [5.74, 6) is 1.66. The number of hydrogen-bond acceptors (Lipinski definition) is 5. The molecule has 0 atom stereocenters. The van der Waals surface area contributed by atoms with Gasteiger partial charge in [0, 0.05) is 31.3 Å². The molecule has 1 N–H and O–H groups in total. The highest BCUT2D eigenvalue weighted by molar-refractivity contribution is 7.99. The Hall–Kier alpha value is -3.00. The van der Waals surface area contributed by atoms with Gasteiger partial charge in [-0.25, -0.2) is 0 Å². The van der Waals surface area contributed by atoms with E-state index in [1.54, 1.807) is 6.26 Å². The second kappa shape index (κ2) is 9.00. The molecule has 4 aromatic rings. The number of carbonyl (C=O) groups excluding carboxylic acids is 1. The van der Waals surface area contributed by atoms with Crippen molar-refractivity contribution in [2.45, 2.75) is 31.6 Å². The highest BCUT2D eigenvalue weighted by Crippen LogP contribution is 2.24. The number of nitrogens with zero attached hydrogens (tertiary/aromatic N) is 4. The monoisotopic (exact) mass is 409 g/mol. The molecule has 29 heavy (non-hydrogen) atoms. The number of nitrogens with one attached hydrogen (secondary N) is 1. The molecule has 150 valence electrons. The molecule has 1 aromatic carbocycles. The van der Waals surface area contributed by atoms with Crippen LogP contribution in [0.3, 0.4) is 0 Å². The van der Waals surface area contributed by atoms with Crippen molar-refractivity contribution in [1.29, 1.82) is 0 Å². The number of furan rings is 1. The molecule has 0 saturated heterocycles. The normalized spacial score (nSPS) is 11.2. The largest absolute Gasteiger partial charge is 0.461 e. The number of hydrogen-bond donors (Lipinski definition) is 1. The van der Waals surface area contributed by atoms with E-state index in [4.69, 9.17) is 4.42 Å². The molecule has 4 rings (SSSR count). The number of thioether (sulfide) groups is 1. The Morgan fingerprint density at radius 3 is 2.90 bits per heavy atom. The molecule has 0 saturated carbocycles. The van der Waals surface area contributed by atoms with Gasteiger partial charge in [0.2, 0.25) is 5.91 Å². The summed E-state index contributed by atoms with van der Waals surface area (Å²) >= 11 is 1.39. The standard InChI is InChI=1S/C21H23N5O2S/c1-2-26-20(18-9-5-14-28-18)23-24-21(26)29-15-19(27)22-11-6-12-25-13-10-16-7-3-4-8-17(16)25/h3-5,7-10,13-14H,2,6,11-12,15H2,1H3,(H,22,27). The van der Waals surface area contributed by atoms with E-state index in [1.807, 2.05) is 35.8 Å². The van der Waals surface area contributed by atoms with E-state index in [0.29, 0.717) is 35.6 Å². The summed E-state index contributed by atoms with van der Waals surface area (Å²) in [6.07, 6.45) is 4.58. The second-order valence-corrected chi connectivity index (χ2v) is 7.53. The van der Waals surface area contributed by atoms with Gasteiger partial charge in [-0.3, -0.25) is 9.36 Å². The number of fused-ring (bicyclic) bond motifs is 1. The Kier molecular flexibility index (Phi) is 6.00. The quantitative estimate of drug-likeness (QED) is 0.336. The van der Waals surface area contributed by atoms with Crippen molar-refractivity contribution in [1.82, 2.24) is 24.6 Å². The first-order chi connectivity index (χ1) is 14.3. The maximum Gasteiger partial charge on any atom is 0.230 e. The van der Waals surface area contributed by atoms with E-state index < -0.39 is 0 Å². The molecule has 3 heterocycles. The number of carbonyl (C=O) groups is 1. The molecular formula is C21H23N5O2S. The molecule has 0 fully saturated rings. The summed E-state index contributed by atoms with van der Waals surface area (Å²) in [5.41, 5.74) is 1.22. The van der Waals surface area contributed by atoms with Gasteiger partial charge in [0.25, 0.3) is 0 Å². The van der Waals surface area contributed by atoms with E-state index >= 15 is 0 Å². The van der Waals surface area contributed by atoms with Crippen molar-refractivity contribution in [2.24, 2.45) is 0 Å². The fraction of sp³-hybridized carbons (Fsp3) is 0.286. The zero-order valence-electron chi connectivity index (χ0n) is 16.2. The van der Waals surface area contributed by atoms with Crippen LogP contribution in [0.5, 0.6) is 0 Å². The predicted molar refractivity (Wildman–Crippen MR) is 114 cm³/mol. The Bertz CT molecular complexity index is 1080. The molecular weight excluding hydrogens is 386 g/mol. The molecule has 0 aliphatic rings. The lowest BCUT2D eigenvalue weighted by atomic mass is 10.2. The molecule has 0 radical (unpaired) electrons. The van der Waals surface area contributed by atoms with Gasteiger partial charge >= 0.3 is 0 Å². The fourth-order valence-electron chi connectivity index (χ4n) is 3.26. The van der Waals surface area contributed by atoms with Gasteiger partial charge in [-0.2, -0.15) is 0 Å². The first-order valence-electron chi connectivity index (χ1n) is 9.66. The summed E-state index contributed by atoms with van der Waals surface area (Å²) in [4.78, 5) is 12.2. The Balaban J connectivity index is 1.24. The highest BCUT2D eigenvalue weighted by atomic mass is 32.2. The van der Waals surface area contributed by atoms with Crippen LogP contribution in [0, 0.1) is 0 Å². The Morgan fingerprint density at radius 2 is 2.07 bits per heavy atom. The molecule has 0 unspecified atom stereocenters. The lowest BCUT2D eigenvalue weighted by Crippen LogP contribution is -2.27. The molecule has 0 spiro atoms. The van der Waals surface area contributed by atoms with Crippen LogP contribution < -0.4 is 5.32 Å². The van der Waals surface area contributed by atoms with Gasteiger partial charge in [-0.15, -0.1) is 10.2 Å². The average Bonchev–Trinajstić information content (AvgIpc) is 3.49. The third-order valence-electron chi connectivity index (χ3n) is 4.69. The van der Waals surface area contributed by atoms with Crippen LogP contribution in [0.15, 0.2) is 64.5 Å². The summed E-state index contributed by atoms with van der Waals surface area (Å²) in [7, 11) is 0. The van der Waals surface area contributed by atoms with E-state index in [9.17, 15) is 4.79 Å². The van der Waals surface area contributed by atoms with E-state index in [-0.39, 0.29) is 5.91 Å². The molecule has 0 aliphatic carbocycles. The summed E-state index contributed by atoms with van der Waals surface area (Å²) in [5, 5.41) is 13.3. The number of aryl methyl sites for hydroxylation is 1. The van der Waals surface area contributed by atoms with Crippen molar-refractivity contribution in [2.75, 3.05) is 12.3 Å². The number of aromatic nitrogens is 4. The summed E-state index contributed by atoms with van der Waals surface area (Å²) in [6.45, 7) is 4.24. The minimum atomic E-state index is -0.00225. The first kappa shape index (κ1) is 19.3. The van der Waals surface area contributed by atoms with Crippen LogP contribution >= 0.6 is 11.8 Å². The smallest absolute Gasteiger partial charge is 0.230 e. The minimum absolute atomic E-state index is 0.00225. The van der Waals surface area contributed by atoms with E-state index in [1.165, 1.54) is 22.7 Å². The average molecular weight is 410 g/mol. The lowest BCUT2D eigenvalue weighted by Gasteiger charge is -2.08. The van der Waals surface area contributed by atoms with E-state index in [0.717, 1.165) is 13.0 Å². The molecule has 0 bridgehead atoms. The zero-order valence-corrected chi connectivity index (χ0v) is 17.1.